The normalized spacial score (nSPS) is 11.5. The maximum atomic E-state index is 4.88. The molecule has 3 aromatic heterocycles. The van der Waals surface area contributed by atoms with E-state index >= 15 is 0 Å². The van der Waals surface area contributed by atoms with Gasteiger partial charge in [0.05, 0.1) is 5.69 Å². The maximum absolute atomic E-state index is 4.88. The lowest BCUT2D eigenvalue weighted by molar-refractivity contribution is 1.33. The summed E-state index contributed by atoms with van der Waals surface area (Å²) in [5, 5.41) is 6.10. The van der Waals surface area contributed by atoms with Crippen molar-refractivity contribution in [3.05, 3.63) is 116 Å². The highest BCUT2D eigenvalue weighted by molar-refractivity contribution is 7.27. The molecule has 2 nitrogen and oxygen atoms in total. The van der Waals surface area contributed by atoms with Gasteiger partial charge in [0.15, 0.2) is 0 Å². The molecular formula is C32H21N2PS. The Labute approximate surface area is 215 Å². The number of aromatic nitrogens is 2. The minimum absolute atomic E-state index is 0.983. The van der Waals surface area contributed by atoms with E-state index in [1.165, 1.54) is 48.2 Å². The molecule has 0 N–H and O–H groups in total. The van der Waals surface area contributed by atoms with Crippen LogP contribution in [0.5, 0.6) is 0 Å². The minimum atomic E-state index is 0.983. The average Bonchev–Trinajstić information content (AvgIpc) is 3.32. The van der Waals surface area contributed by atoms with E-state index in [9.17, 15) is 0 Å². The summed E-state index contributed by atoms with van der Waals surface area (Å²) in [6.45, 7) is 0. The molecule has 0 radical (unpaired) electrons. The largest absolute Gasteiger partial charge is 0.256 e. The van der Waals surface area contributed by atoms with Gasteiger partial charge in [-0.05, 0) is 63.1 Å². The minimum Gasteiger partial charge on any atom is -0.256 e. The zero-order valence-corrected chi connectivity index (χ0v) is 21.3. The summed E-state index contributed by atoms with van der Waals surface area (Å²) >= 11 is 1.73. The fraction of sp³-hybridized carbons (Fsp3) is 0. The number of thiophene rings is 1. The molecule has 0 bridgehead atoms. The lowest BCUT2D eigenvalue weighted by Gasteiger charge is -2.08. The van der Waals surface area contributed by atoms with Crippen LogP contribution in [-0.2, 0) is 0 Å². The second kappa shape index (κ2) is 8.64. The second-order valence-electron chi connectivity index (χ2n) is 8.97. The van der Waals surface area contributed by atoms with Crippen molar-refractivity contribution >= 4 is 57.0 Å². The van der Waals surface area contributed by atoms with E-state index in [1.54, 1.807) is 11.3 Å². The first-order valence-corrected chi connectivity index (χ1v) is 13.3. The highest BCUT2D eigenvalue weighted by Gasteiger charge is 2.12. The quantitative estimate of drug-likeness (QED) is 0.229. The third kappa shape index (κ3) is 3.69. The van der Waals surface area contributed by atoms with Crippen molar-refractivity contribution in [3.63, 3.8) is 0 Å². The van der Waals surface area contributed by atoms with Gasteiger partial charge in [-0.25, -0.2) is 4.98 Å². The molecule has 0 aliphatic rings. The summed E-state index contributed by atoms with van der Waals surface area (Å²) < 4.78 is 1.24. The Hall–Kier alpha value is -3.91. The van der Waals surface area contributed by atoms with Gasteiger partial charge in [0.25, 0.3) is 0 Å². The lowest BCUT2D eigenvalue weighted by Crippen LogP contribution is -1.88. The Kier molecular flexibility index (Phi) is 5.13. The maximum Gasteiger partial charge on any atom is 0.124 e. The second-order valence-corrected chi connectivity index (χ2v) is 10.6. The Balaban J connectivity index is 1.26. The first-order chi connectivity index (χ1) is 17.7. The van der Waals surface area contributed by atoms with Gasteiger partial charge >= 0.3 is 0 Å². The molecule has 1 atom stereocenters. The zero-order chi connectivity index (χ0) is 24.1. The fourth-order valence-electron chi connectivity index (χ4n) is 4.84. The average molecular weight is 497 g/mol. The van der Waals surface area contributed by atoms with Gasteiger partial charge in [-0.2, -0.15) is 0 Å². The molecule has 1 unspecified atom stereocenters. The zero-order valence-electron chi connectivity index (χ0n) is 19.3. The first kappa shape index (κ1) is 21.4. The van der Waals surface area contributed by atoms with Crippen molar-refractivity contribution in [2.24, 2.45) is 0 Å². The van der Waals surface area contributed by atoms with Crippen LogP contribution in [0.4, 0.5) is 0 Å². The number of hydrogen-bond acceptors (Lipinski definition) is 3. The predicted octanol–water partition coefficient (Wildman–Crippen LogP) is 8.50. The topological polar surface area (TPSA) is 25.8 Å². The van der Waals surface area contributed by atoms with Crippen molar-refractivity contribution in [3.8, 4) is 33.5 Å². The number of benzene rings is 4. The van der Waals surface area contributed by atoms with Gasteiger partial charge in [-0.15, -0.1) is 20.6 Å². The summed E-state index contributed by atoms with van der Waals surface area (Å²) in [5.41, 5.74) is 6.87. The van der Waals surface area contributed by atoms with E-state index in [1.807, 2.05) is 18.5 Å². The number of pyridine rings is 2. The van der Waals surface area contributed by atoms with Crippen LogP contribution in [0.1, 0.15) is 0 Å². The van der Waals surface area contributed by atoms with Crippen molar-refractivity contribution < 1.29 is 0 Å². The summed E-state index contributed by atoms with van der Waals surface area (Å²) in [6.07, 6.45) is 3.85. The third-order valence-corrected chi connectivity index (χ3v) is 8.28. The van der Waals surface area contributed by atoms with E-state index < -0.39 is 0 Å². The van der Waals surface area contributed by atoms with Gasteiger partial charge < -0.3 is 0 Å². The molecule has 7 rings (SSSR count). The van der Waals surface area contributed by atoms with E-state index in [4.69, 9.17) is 4.98 Å². The SMILES string of the molecule is Pc1ccc(-c2ccc3ccc(-c4ccc(-c5cccc6c5sc5ncccc56)nc4)cc3c2)cc1. The number of nitrogens with zero attached hydrogens (tertiary/aromatic N) is 2. The van der Waals surface area contributed by atoms with Gasteiger partial charge in [0.2, 0.25) is 0 Å². The van der Waals surface area contributed by atoms with E-state index in [2.05, 4.69) is 111 Å². The monoisotopic (exact) mass is 496 g/mol. The van der Waals surface area contributed by atoms with Crippen LogP contribution in [0.25, 0.3) is 64.6 Å². The van der Waals surface area contributed by atoms with Crippen LogP contribution < -0.4 is 5.30 Å². The van der Waals surface area contributed by atoms with Crippen molar-refractivity contribution in [2.75, 3.05) is 0 Å². The van der Waals surface area contributed by atoms with Crippen molar-refractivity contribution in [2.45, 2.75) is 0 Å². The van der Waals surface area contributed by atoms with Crippen LogP contribution in [0.3, 0.4) is 0 Å². The molecule has 36 heavy (non-hydrogen) atoms. The van der Waals surface area contributed by atoms with Gasteiger partial charge in [0, 0.05) is 39.0 Å². The van der Waals surface area contributed by atoms with E-state index in [0.29, 0.717) is 0 Å². The standard InChI is InChI=1S/C32H21N2PS/c35-26-13-10-20(11-14-26)22-8-6-21-7-9-23(18-25(21)17-22)24-12-15-30(34-19-24)29-4-1-3-27-28-5-2-16-33-32(28)36-31(27)29/h1-19H,35H2. The van der Waals surface area contributed by atoms with Gasteiger partial charge in [-0.3, -0.25) is 4.98 Å². The molecule has 170 valence electrons. The molecule has 0 fully saturated rings. The van der Waals surface area contributed by atoms with Crippen LogP contribution in [0, 0.1) is 0 Å². The van der Waals surface area contributed by atoms with E-state index in [-0.39, 0.29) is 0 Å². The number of hydrogen-bond donors (Lipinski definition) is 0. The Morgan fingerprint density at radius 2 is 1.31 bits per heavy atom. The molecule has 0 aliphatic carbocycles. The molecule has 0 amide bonds. The molecule has 7 aromatic rings. The summed E-state index contributed by atoms with van der Waals surface area (Å²) in [5.74, 6) is 0. The smallest absolute Gasteiger partial charge is 0.124 e. The van der Waals surface area contributed by atoms with Gasteiger partial charge in [-0.1, -0.05) is 72.8 Å². The Morgan fingerprint density at radius 3 is 2.08 bits per heavy atom. The number of fused-ring (bicyclic) bond motifs is 4. The van der Waals surface area contributed by atoms with Gasteiger partial charge in [0.1, 0.15) is 4.83 Å². The van der Waals surface area contributed by atoms with Crippen LogP contribution in [-0.4, -0.2) is 9.97 Å². The molecule has 0 aliphatic heterocycles. The Bertz CT molecular complexity index is 1890. The summed E-state index contributed by atoms with van der Waals surface area (Å²) in [4.78, 5) is 10.5. The Morgan fingerprint density at radius 1 is 0.583 bits per heavy atom. The van der Waals surface area contributed by atoms with Crippen molar-refractivity contribution in [1.82, 2.24) is 9.97 Å². The molecule has 0 spiro atoms. The molecule has 4 aromatic carbocycles. The molecular weight excluding hydrogens is 475 g/mol. The fourth-order valence-corrected chi connectivity index (χ4v) is 6.20. The molecule has 4 heteroatoms. The lowest BCUT2D eigenvalue weighted by atomic mass is 9.98. The first-order valence-electron chi connectivity index (χ1n) is 11.9. The predicted molar refractivity (Wildman–Crippen MR) is 158 cm³/mol. The summed E-state index contributed by atoms with van der Waals surface area (Å²) in [6, 6.07) is 36.8. The van der Waals surface area contributed by atoms with Crippen LogP contribution in [0.2, 0.25) is 0 Å². The van der Waals surface area contributed by atoms with Crippen LogP contribution in [0.15, 0.2) is 116 Å². The van der Waals surface area contributed by atoms with E-state index in [0.717, 1.165) is 21.7 Å². The molecule has 3 heterocycles. The highest BCUT2D eigenvalue weighted by atomic mass is 32.1. The molecule has 0 saturated heterocycles. The third-order valence-electron chi connectivity index (χ3n) is 6.73. The highest BCUT2D eigenvalue weighted by Crippen LogP contribution is 2.38. The number of rotatable bonds is 3. The van der Waals surface area contributed by atoms with Crippen LogP contribution >= 0.6 is 20.6 Å². The summed E-state index contributed by atoms with van der Waals surface area (Å²) in [7, 11) is 2.74. The molecule has 0 saturated carbocycles. The van der Waals surface area contributed by atoms with Crippen molar-refractivity contribution in [1.29, 1.82) is 0 Å².